The van der Waals surface area contributed by atoms with Crippen LogP contribution in [0.4, 0.5) is 0 Å². The predicted octanol–water partition coefficient (Wildman–Crippen LogP) is 5.34. The van der Waals surface area contributed by atoms with Crippen LogP contribution >= 0.6 is 0 Å². The first-order chi connectivity index (χ1) is 13.0. The number of carbonyl (C=O) groups is 1. The first-order valence-electron chi connectivity index (χ1n) is 11.1. The van der Waals surface area contributed by atoms with Gasteiger partial charge >= 0.3 is 39.9 Å². The van der Waals surface area contributed by atoms with Crippen molar-refractivity contribution < 1.29 is 17.4 Å². The van der Waals surface area contributed by atoms with Gasteiger partial charge < -0.3 is 0 Å². The van der Waals surface area contributed by atoms with E-state index in [1.807, 2.05) is 0 Å². The van der Waals surface area contributed by atoms with Crippen LogP contribution in [0.2, 0.25) is 0 Å². The molecule has 7 heteroatoms. The van der Waals surface area contributed by atoms with Crippen molar-refractivity contribution in [3.05, 3.63) is 0 Å². The summed E-state index contributed by atoms with van der Waals surface area (Å²) >= 11 is 0. The summed E-state index contributed by atoms with van der Waals surface area (Å²) in [7, 11) is -2.63. The molecule has 0 unspecified atom stereocenters. The van der Waals surface area contributed by atoms with Crippen molar-refractivity contribution in [1.82, 2.24) is 4.31 Å². The van der Waals surface area contributed by atoms with Crippen LogP contribution in [0, 0.1) is 0 Å². The Morgan fingerprint density at radius 3 is 1.43 bits per heavy atom. The minimum absolute atomic E-state index is 0. The van der Waals surface area contributed by atoms with Gasteiger partial charge in [0.05, 0.1) is 6.61 Å². The molecule has 0 N–H and O–H groups in total. The quantitative estimate of drug-likeness (QED) is 0.205. The van der Waals surface area contributed by atoms with Gasteiger partial charge in [0.2, 0.25) is 5.91 Å². The minimum atomic E-state index is -3.90. The van der Waals surface area contributed by atoms with Crippen molar-refractivity contribution in [2.75, 3.05) is 13.7 Å². The van der Waals surface area contributed by atoms with E-state index >= 15 is 0 Å². The summed E-state index contributed by atoms with van der Waals surface area (Å²) < 4.78 is 28.6. The van der Waals surface area contributed by atoms with Crippen molar-refractivity contribution in [3.8, 4) is 0 Å². The third-order valence-corrected chi connectivity index (χ3v) is 6.36. The number of nitrogens with zero attached hydrogens (tertiary/aromatic N) is 1. The summed E-state index contributed by atoms with van der Waals surface area (Å²) in [5.41, 5.74) is 0. The molecule has 164 valence electrons. The molecule has 1 amide bonds. The summed E-state index contributed by atoms with van der Waals surface area (Å²) in [5, 5.41) is 0. The molecule has 0 bridgehead atoms. The molecule has 0 spiro atoms. The van der Waals surface area contributed by atoms with Crippen molar-refractivity contribution in [2.24, 2.45) is 0 Å². The molecule has 0 aliphatic heterocycles. The summed E-state index contributed by atoms with van der Waals surface area (Å²) in [5.74, 6) is -0.391. The molecule has 0 aliphatic rings. The Balaban J connectivity index is 0. The van der Waals surface area contributed by atoms with Crippen LogP contribution in [0.25, 0.3) is 0 Å². The van der Waals surface area contributed by atoms with Gasteiger partial charge in [0, 0.05) is 13.5 Å². The molecule has 0 aromatic rings. The summed E-state index contributed by atoms with van der Waals surface area (Å²) in [4.78, 5) is 11.9. The second kappa shape index (κ2) is 20.6. The fourth-order valence-corrected chi connectivity index (χ4v) is 3.95. The van der Waals surface area contributed by atoms with E-state index < -0.39 is 16.2 Å². The van der Waals surface area contributed by atoms with Crippen LogP contribution in [0.3, 0.4) is 0 Å². The number of hydrogen-bond donors (Lipinski definition) is 0. The van der Waals surface area contributed by atoms with Gasteiger partial charge in [-0.25, -0.2) is 4.31 Å². The molecule has 0 radical (unpaired) electrons. The Bertz CT molecular complexity index is 457. The molecule has 5 nitrogen and oxygen atoms in total. The van der Waals surface area contributed by atoms with E-state index in [-0.39, 0.29) is 42.6 Å². The molecule has 0 aromatic heterocycles. The van der Waals surface area contributed by atoms with Gasteiger partial charge in [0.25, 0.3) is 0 Å². The van der Waals surface area contributed by atoms with E-state index in [1.54, 1.807) is 6.92 Å². The zero-order chi connectivity index (χ0) is 20.4. The van der Waals surface area contributed by atoms with Crippen molar-refractivity contribution in [3.63, 3.8) is 0 Å². The van der Waals surface area contributed by atoms with E-state index in [1.165, 1.54) is 84.1 Å². The number of unbranched alkanes of at least 4 members (excludes halogenated alkanes) is 14. The Morgan fingerprint density at radius 2 is 1.07 bits per heavy atom. The predicted molar refractivity (Wildman–Crippen MR) is 120 cm³/mol. The van der Waals surface area contributed by atoms with Crippen LogP contribution in [-0.4, -0.2) is 61.8 Å². The Kier molecular flexibility index (Phi) is 22.5. The normalized spacial score (nSPS) is 11.2. The molecular weight excluding hydrogens is 385 g/mol. The van der Waals surface area contributed by atoms with Crippen LogP contribution in [0.1, 0.15) is 117 Å². The fraction of sp³-hybridized carbons (Fsp3) is 0.952. The number of hydrogen-bond acceptors (Lipinski definition) is 4. The monoisotopic (exact) mass is 429 g/mol. The average Bonchev–Trinajstić information content (AvgIpc) is 2.64. The molecule has 0 heterocycles. The Morgan fingerprint density at radius 1 is 0.714 bits per heavy atom. The van der Waals surface area contributed by atoms with Crippen LogP contribution < -0.4 is 0 Å². The van der Waals surface area contributed by atoms with Crippen LogP contribution in [-0.2, 0) is 19.3 Å². The van der Waals surface area contributed by atoms with Gasteiger partial charge in [-0.05, 0) is 13.3 Å². The second-order valence-corrected chi connectivity index (χ2v) is 9.06. The SMILES string of the molecule is CCCCCCCCCCCCCCCCCC(=O)N(C)S(=O)(=O)OCC.[NaH]. The molecule has 0 fully saturated rings. The van der Waals surface area contributed by atoms with E-state index in [2.05, 4.69) is 11.1 Å². The van der Waals surface area contributed by atoms with Gasteiger partial charge in [-0.1, -0.05) is 96.8 Å². The molecular formula is C21H44NNaO4S. The first-order valence-corrected chi connectivity index (χ1v) is 12.5. The average molecular weight is 430 g/mol. The summed E-state index contributed by atoms with van der Waals surface area (Å²) in [6.45, 7) is 3.89. The van der Waals surface area contributed by atoms with E-state index in [0.717, 1.165) is 23.6 Å². The zero-order valence-corrected chi connectivity index (χ0v) is 18.8. The van der Waals surface area contributed by atoms with Gasteiger partial charge in [-0.2, -0.15) is 8.42 Å². The third-order valence-electron chi connectivity index (χ3n) is 4.95. The van der Waals surface area contributed by atoms with Gasteiger partial charge in [0.1, 0.15) is 0 Å². The fourth-order valence-electron chi connectivity index (χ4n) is 3.16. The van der Waals surface area contributed by atoms with Crippen LogP contribution in [0.5, 0.6) is 0 Å². The topological polar surface area (TPSA) is 63.7 Å². The van der Waals surface area contributed by atoms with E-state index in [0.29, 0.717) is 0 Å². The number of rotatable bonds is 19. The van der Waals surface area contributed by atoms with Gasteiger partial charge in [-0.15, -0.1) is 0 Å². The zero-order valence-electron chi connectivity index (χ0n) is 18.0. The Labute approximate surface area is 196 Å². The molecule has 0 saturated heterocycles. The van der Waals surface area contributed by atoms with E-state index in [9.17, 15) is 13.2 Å². The van der Waals surface area contributed by atoms with Gasteiger partial charge in [0.15, 0.2) is 0 Å². The van der Waals surface area contributed by atoms with Crippen molar-refractivity contribution in [1.29, 1.82) is 0 Å². The first kappa shape index (κ1) is 30.6. The number of carbonyl (C=O) groups excluding carboxylic acids is 1. The molecule has 0 aliphatic carbocycles. The molecule has 0 atom stereocenters. The molecule has 0 aromatic carbocycles. The van der Waals surface area contributed by atoms with Crippen molar-refractivity contribution in [2.45, 2.75) is 117 Å². The molecule has 0 rings (SSSR count). The summed E-state index contributed by atoms with van der Waals surface area (Å²) in [6, 6.07) is 0. The number of amides is 1. The Hall–Kier alpha value is 0.380. The standard InChI is InChI=1S/C21H43NO4S.Na.H/c1-4-6-7-8-9-10-11-12-13-14-15-16-17-18-19-20-21(23)22(3)27(24,25)26-5-2;;/h4-20H2,1-3H3;;. The second-order valence-electron chi connectivity index (χ2n) is 7.43. The van der Waals surface area contributed by atoms with Crippen molar-refractivity contribution >= 4 is 45.8 Å². The summed E-state index contributed by atoms with van der Waals surface area (Å²) in [6.07, 6.45) is 19.3. The van der Waals surface area contributed by atoms with Gasteiger partial charge in [-0.3, -0.25) is 8.98 Å². The maximum atomic E-state index is 11.9. The molecule has 28 heavy (non-hydrogen) atoms. The third kappa shape index (κ3) is 17.3. The van der Waals surface area contributed by atoms with Crippen LogP contribution in [0.15, 0.2) is 0 Å². The molecule has 0 saturated carbocycles. The maximum absolute atomic E-state index is 11.9. The van der Waals surface area contributed by atoms with E-state index in [4.69, 9.17) is 0 Å².